The van der Waals surface area contributed by atoms with Crippen LogP contribution in [0, 0.1) is 5.82 Å². The Hall–Kier alpha value is -0.930. The van der Waals surface area contributed by atoms with Crippen molar-refractivity contribution < 1.29 is 9.50 Å². The van der Waals surface area contributed by atoms with E-state index in [1.165, 1.54) is 25.0 Å². The Kier molecular flexibility index (Phi) is 3.26. The molecule has 1 unspecified atom stereocenters. The minimum absolute atomic E-state index is 0.247. The molecule has 2 nitrogen and oxygen atoms in total. The molecule has 1 aliphatic rings. The first-order chi connectivity index (χ1) is 7.55. The van der Waals surface area contributed by atoms with Gasteiger partial charge in [-0.2, -0.15) is 0 Å². The van der Waals surface area contributed by atoms with Gasteiger partial charge in [0.15, 0.2) is 0 Å². The Morgan fingerprint density at radius 3 is 2.88 bits per heavy atom. The number of halogens is 1. The fourth-order valence-electron chi connectivity index (χ4n) is 1.80. The predicted molar refractivity (Wildman–Crippen MR) is 61.8 cm³/mol. The minimum atomic E-state index is -0.809. The lowest BCUT2D eigenvalue weighted by Gasteiger charge is -2.24. The van der Waals surface area contributed by atoms with Gasteiger partial charge in [0, 0.05) is 19.0 Å². The monoisotopic (exact) mass is 223 g/mol. The lowest BCUT2D eigenvalue weighted by molar-refractivity contribution is 0.0597. The molecule has 0 heterocycles. The van der Waals surface area contributed by atoms with Crippen molar-refractivity contribution in [2.45, 2.75) is 37.8 Å². The van der Waals surface area contributed by atoms with Crippen molar-refractivity contribution >= 4 is 0 Å². The molecular weight excluding hydrogens is 205 g/mol. The molecule has 2 rings (SSSR count). The quantitative estimate of drug-likeness (QED) is 0.798. The van der Waals surface area contributed by atoms with Gasteiger partial charge in [-0.25, -0.2) is 4.39 Å². The molecule has 16 heavy (non-hydrogen) atoms. The van der Waals surface area contributed by atoms with Crippen molar-refractivity contribution in [1.82, 2.24) is 5.32 Å². The summed E-state index contributed by atoms with van der Waals surface area (Å²) in [5.74, 6) is -0.247. The normalized spacial score (nSPS) is 19.4. The summed E-state index contributed by atoms with van der Waals surface area (Å²) >= 11 is 0. The van der Waals surface area contributed by atoms with E-state index < -0.39 is 5.60 Å². The maximum atomic E-state index is 13.0. The van der Waals surface area contributed by atoms with Crippen LogP contribution in [0.3, 0.4) is 0 Å². The highest BCUT2D eigenvalue weighted by atomic mass is 19.1. The van der Waals surface area contributed by atoms with Crippen LogP contribution in [0.1, 0.15) is 25.3 Å². The number of aliphatic hydroxyl groups is 1. The number of nitrogens with one attached hydrogen (secondary N) is 1. The summed E-state index contributed by atoms with van der Waals surface area (Å²) in [5, 5.41) is 13.4. The van der Waals surface area contributed by atoms with Crippen LogP contribution < -0.4 is 5.32 Å². The van der Waals surface area contributed by atoms with Crippen molar-refractivity contribution in [3.8, 4) is 0 Å². The van der Waals surface area contributed by atoms with Crippen LogP contribution in [0.5, 0.6) is 0 Å². The lowest BCUT2D eigenvalue weighted by atomic mass is 9.96. The van der Waals surface area contributed by atoms with E-state index in [2.05, 4.69) is 5.32 Å². The average molecular weight is 223 g/mol. The SMILES string of the molecule is CC(O)(CNC1CC1)Cc1cccc(F)c1. The van der Waals surface area contributed by atoms with Crippen molar-refractivity contribution in [3.05, 3.63) is 35.6 Å². The van der Waals surface area contributed by atoms with Gasteiger partial charge in [0.2, 0.25) is 0 Å². The summed E-state index contributed by atoms with van der Waals surface area (Å²) in [4.78, 5) is 0. The molecule has 0 bridgehead atoms. The average Bonchev–Trinajstić information content (AvgIpc) is 2.97. The Balaban J connectivity index is 1.90. The maximum absolute atomic E-state index is 13.0. The first-order valence-corrected chi connectivity index (χ1v) is 5.75. The van der Waals surface area contributed by atoms with Gasteiger partial charge in [0.25, 0.3) is 0 Å². The number of hydrogen-bond acceptors (Lipinski definition) is 2. The van der Waals surface area contributed by atoms with Gasteiger partial charge in [-0.3, -0.25) is 0 Å². The number of hydrogen-bond donors (Lipinski definition) is 2. The molecule has 0 aromatic heterocycles. The highest BCUT2D eigenvalue weighted by molar-refractivity contribution is 5.18. The zero-order valence-electron chi connectivity index (χ0n) is 9.54. The highest BCUT2D eigenvalue weighted by Gasteiger charge is 2.26. The van der Waals surface area contributed by atoms with Crippen molar-refractivity contribution in [3.63, 3.8) is 0 Å². The molecule has 1 saturated carbocycles. The smallest absolute Gasteiger partial charge is 0.123 e. The van der Waals surface area contributed by atoms with E-state index in [0.29, 0.717) is 19.0 Å². The van der Waals surface area contributed by atoms with Crippen LogP contribution >= 0.6 is 0 Å². The highest BCUT2D eigenvalue weighted by Crippen LogP contribution is 2.20. The van der Waals surface area contributed by atoms with Crippen molar-refractivity contribution in [2.75, 3.05) is 6.54 Å². The molecule has 1 aliphatic carbocycles. The Bertz CT molecular complexity index is 361. The molecule has 1 atom stereocenters. The molecule has 0 amide bonds. The Morgan fingerprint density at radius 1 is 1.50 bits per heavy atom. The van der Waals surface area contributed by atoms with Gasteiger partial charge in [-0.1, -0.05) is 12.1 Å². The predicted octanol–water partition coefficient (Wildman–Crippen LogP) is 1.87. The van der Waals surface area contributed by atoms with Crippen LogP contribution in [0.2, 0.25) is 0 Å². The number of benzene rings is 1. The largest absolute Gasteiger partial charge is 0.389 e. The fraction of sp³-hybridized carbons (Fsp3) is 0.538. The first kappa shape index (κ1) is 11.6. The molecule has 0 spiro atoms. The van der Waals surface area contributed by atoms with Crippen molar-refractivity contribution in [2.24, 2.45) is 0 Å². The summed E-state index contributed by atoms with van der Waals surface area (Å²) in [6.45, 7) is 2.35. The third kappa shape index (κ3) is 3.58. The minimum Gasteiger partial charge on any atom is -0.389 e. The van der Waals surface area contributed by atoms with E-state index in [9.17, 15) is 9.50 Å². The summed E-state index contributed by atoms with van der Waals surface area (Å²) in [5.41, 5.74) is 0.0266. The van der Waals surface area contributed by atoms with Crippen molar-refractivity contribution in [1.29, 1.82) is 0 Å². The molecule has 1 aromatic rings. The van der Waals surface area contributed by atoms with Gasteiger partial charge in [0.1, 0.15) is 5.82 Å². The van der Waals surface area contributed by atoms with Gasteiger partial charge in [-0.15, -0.1) is 0 Å². The Labute approximate surface area is 95.5 Å². The fourth-order valence-corrected chi connectivity index (χ4v) is 1.80. The molecule has 2 N–H and O–H groups in total. The molecule has 1 fully saturated rings. The van der Waals surface area contributed by atoms with Crippen LogP contribution in [-0.2, 0) is 6.42 Å². The molecular formula is C13H18FNO. The van der Waals surface area contributed by atoms with Crippen LogP contribution in [0.15, 0.2) is 24.3 Å². The molecule has 0 aliphatic heterocycles. The maximum Gasteiger partial charge on any atom is 0.123 e. The first-order valence-electron chi connectivity index (χ1n) is 5.75. The van der Waals surface area contributed by atoms with E-state index in [0.717, 1.165) is 5.56 Å². The van der Waals surface area contributed by atoms with E-state index >= 15 is 0 Å². The summed E-state index contributed by atoms with van der Waals surface area (Å²) < 4.78 is 13.0. The van der Waals surface area contributed by atoms with Crippen LogP contribution in [0.25, 0.3) is 0 Å². The molecule has 0 radical (unpaired) electrons. The van der Waals surface area contributed by atoms with Crippen LogP contribution in [0.4, 0.5) is 4.39 Å². The summed E-state index contributed by atoms with van der Waals surface area (Å²) in [7, 11) is 0. The zero-order chi connectivity index (χ0) is 11.6. The van der Waals surface area contributed by atoms with Gasteiger partial charge in [-0.05, 0) is 37.5 Å². The molecule has 88 valence electrons. The van der Waals surface area contributed by atoms with E-state index in [1.54, 1.807) is 13.0 Å². The molecule has 3 heteroatoms. The second-order valence-electron chi connectivity index (χ2n) is 4.96. The third-order valence-corrected chi connectivity index (χ3v) is 2.82. The summed E-state index contributed by atoms with van der Waals surface area (Å²) in [6.07, 6.45) is 2.89. The second kappa shape index (κ2) is 4.52. The van der Waals surface area contributed by atoms with Gasteiger partial charge >= 0.3 is 0 Å². The molecule has 1 aromatic carbocycles. The van der Waals surface area contributed by atoms with Gasteiger partial charge < -0.3 is 10.4 Å². The Morgan fingerprint density at radius 2 is 2.25 bits per heavy atom. The lowest BCUT2D eigenvalue weighted by Crippen LogP contribution is -2.40. The molecule has 0 saturated heterocycles. The topological polar surface area (TPSA) is 32.3 Å². The summed E-state index contributed by atoms with van der Waals surface area (Å²) in [6, 6.07) is 7.00. The van der Waals surface area contributed by atoms with E-state index in [1.807, 2.05) is 6.07 Å². The zero-order valence-corrected chi connectivity index (χ0v) is 9.54. The third-order valence-electron chi connectivity index (χ3n) is 2.82. The van der Waals surface area contributed by atoms with E-state index in [-0.39, 0.29) is 5.82 Å². The van der Waals surface area contributed by atoms with Crippen LogP contribution in [-0.4, -0.2) is 23.3 Å². The standard InChI is InChI=1S/C13H18FNO/c1-13(16,9-15-12-5-6-12)8-10-3-2-4-11(14)7-10/h2-4,7,12,15-16H,5-6,8-9H2,1H3. The van der Waals surface area contributed by atoms with E-state index in [4.69, 9.17) is 0 Å². The van der Waals surface area contributed by atoms with Gasteiger partial charge in [0.05, 0.1) is 5.60 Å². The second-order valence-corrected chi connectivity index (χ2v) is 4.96. The number of rotatable bonds is 5.